The van der Waals surface area contributed by atoms with Gasteiger partial charge in [-0.2, -0.15) is 4.31 Å². The van der Waals surface area contributed by atoms with Crippen LogP contribution >= 0.6 is 22.9 Å². The van der Waals surface area contributed by atoms with Crippen LogP contribution in [0.4, 0.5) is 0 Å². The smallest absolute Gasteiger partial charge is 0.254 e. The van der Waals surface area contributed by atoms with Crippen LogP contribution in [0.1, 0.15) is 33.4 Å². The maximum atomic E-state index is 12.8. The second-order valence-electron chi connectivity index (χ2n) is 6.23. The second-order valence-corrected chi connectivity index (χ2v) is 9.95. The van der Waals surface area contributed by atoms with E-state index in [-0.39, 0.29) is 8.68 Å². The zero-order chi connectivity index (χ0) is 15.3. The highest BCUT2D eigenvalue weighted by atomic mass is 35.5. The molecule has 1 fully saturated rings. The number of halogens is 1. The molecule has 0 atom stereocenters. The predicted octanol–water partition coefficient (Wildman–Crippen LogP) is 2.68. The minimum absolute atomic E-state index is 0.219. The molecule has 114 valence electrons. The molecule has 0 N–H and O–H groups in total. The molecule has 1 aromatic heterocycles. The molecule has 0 unspecified atom stereocenters. The third-order valence-corrected chi connectivity index (χ3v) is 6.61. The Kier molecular flexibility index (Phi) is 3.97. The Morgan fingerprint density at radius 2 is 1.75 bits per heavy atom. The molecule has 5 nitrogen and oxygen atoms in total. The lowest BCUT2D eigenvalue weighted by molar-refractivity contribution is -0.163. The number of thiazole rings is 1. The predicted molar refractivity (Wildman–Crippen MR) is 79.9 cm³/mol. The highest BCUT2D eigenvalue weighted by Crippen LogP contribution is 2.35. The molecule has 1 saturated heterocycles. The van der Waals surface area contributed by atoms with Crippen molar-refractivity contribution >= 4 is 33.0 Å². The summed E-state index contributed by atoms with van der Waals surface area (Å²) >= 11 is 6.82. The first-order valence-corrected chi connectivity index (χ1v) is 8.90. The molecule has 0 bridgehead atoms. The Bertz CT molecular complexity index is 607. The van der Waals surface area contributed by atoms with E-state index in [1.54, 1.807) is 6.92 Å². The van der Waals surface area contributed by atoms with Crippen LogP contribution in [0.3, 0.4) is 0 Å². The first-order chi connectivity index (χ1) is 8.93. The van der Waals surface area contributed by atoms with Crippen LogP contribution in [0.15, 0.2) is 4.21 Å². The fourth-order valence-electron chi connectivity index (χ4n) is 2.59. The molecule has 1 aliphatic heterocycles. The fraction of sp³-hybridized carbons (Fsp3) is 0.750. The summed E-state index contributed by atoms with van der Waals surface area (Å²) in [5, 5.41) is 0. The molecule has 0 amide bonds. The summed E-state index contributed by atoms with van der Waals surface area (Å²) in [6, 6.07) is 0. The van der Waals surface area contributed by atoms with E-state index in [1.807, 2.05) is 27.7 Å². The van der Waals surface area contributed by atoms with E-state index in [0.29, 0.717) is 18.8 Å². The van der Waals surface area contributed by atoms with Crippen LogP contribution in [0.5, 0.6) is 0 Å². The van der Waals surface area contributed by atoms with Crippen LogP contribution in [0.25, 0.3) is 0 Å². The van der Waals surface area contributed by atoms with Crippen LogP contribution < -0.4 is 0 Å². The number of aryl methyl sites for hydroxylation is 1. The molecular weight excluding hydrogens is 320 g/mol. The van der Waals surface area contributed by atoms with E-state index < -0.39 is 21.2 Å². The molecule has 0 aliphatic carbocycles. The fourth-order valence-corrected chi connectivity index (χ4v) is 6.21. The number of aromatic nitrogens is 1. The molecule has 2 heterocycles. The van der Waals surface area contributed by atoms with Gasteiger partial charge in [0.25, 0.3) is 10.0 Å². The van der Waals surface area contributed by atoms with Crippen molar-refractivity contribution in [3.05, 3.63) is 10.2 Å². The summed E-state index contributed by atoms with van der Waals surface area (Å²) in [5.74, 6) is 0. The van der Waals surface area contributed by atoms with Crippen molar-refractivity contribution in [2.45, 2.75) is 50.0 Å². The minimum atomic E-state index is -3.59. The Morgan fingerprint density at radius 3 is 2.15 bits per heavy atom. The summed E-state index contributed by atoms with van der Waals surface area (Å²) < 4.78 is 33.4. The largest absolute Gasteiger partial charge is 0.367 e. The lowest BCUT2D eigenvalue weighted by Gasteiger charge is -2.46. The standard InChI is InChI=1S/C12H19ClN2O3S2/c1-8-9(19-10(13)14-8)20(16,17)15-6-11(2,3)18-12(4,5)7-15/h6-7H2,1-5H3. The first-order valence-electron chi connectivity index (χ1n) is 6.26. The van der Waals surface area contributed by atoms with Gasteiger partial charge in [-0.3, -0.25) is 0 Å². The van der Waals surface area contributed by atoms with E-state index in [2.05, 4.69) is 4.98 Å². The molecule has 1 aromatic rings. The van der Waals surface area contributed by atoms with Gasteiger partial charge in [0, 0.05) is 13.1 Å². The first kappa shape index (κ1) is 16.2. The van der Waals surface area contributed by atoms with Gasteiger partial charge in [-0.1, -0.05) is 22.9 Å². The van der Waals surface area contributed by atoms with Crippen molar-refractivity contribution in [1.82, 2.24) is 9.29 Å². The number of rotatable bonds is 2. The topological polar surface area (TPSA) is 59.5 Å². The van der Waals surface area contributed by atoms with Crippen molar-refractivity contribution in [3.63, 3.8) is 0 Å². The Labute approximate surface area is 129 Å². The van der Waals surface area contributed by atoms with Crippen molar-refractivity contribution in [1.29, 1.82) is 0 Å². The molecule has 0 spiro atoms. The minimum Gasteiger partial charge on any atom is -0.367 e. The van der Waals surface area contributed by atoms with Gasteiger partial charge < -0.3 is 4.74 Å². The zero-order valence-corrected chi connectivity index (χ0v) is 14.6. The van der Waals surface area contributed by atoms with Crippen molar-refractivity contribution in [2.24, 2.45) is 0 Å². The summed E-state index contributed by atoms with van der Waals surface area (Å²) in [6.45, 7) is 9.85. The Hall–Kier alpha value is -0.210. The van der Waals surface area contributed by atoms with Crippen molar-refractivity contribution in [3.8, 4) is 0 Å². The van der Waals surface area contributed by atoms with Crippen LogP contribution in [0, 0.1) is 6.92 Å². The van der Waals surface area contributed by atoms with E-state index in [9.17, 15) is 8.42 Å². The lowest BCUT2D eigenvalue weighted by Crippen LogP contribution is -2.58. The van der Waals surface area contributed by atoms with E-state index >= 15 is 0 Å². The summed E-state index contributed by atoms with van der Waals surface area (Å²) in [7, 11) is -3.59. The molecule has 2 rings (SSSR count). The molecule has 8 heteroatoms. The van der Waals surface area contributed by atoms with Gasteiger partial charge in [0.05, 0.1) is 16.9 Å². The van der Waals surface area contributed by atoms with Gasteiger partial charge in [0.15, 0.2) is 8.68 Å². The Morgan fingerprint density at radius 1 is 1.25 bits per heavy atom. The maximum Gasteiger partial charge on any atom is 0.254 e. The van der Waals surface area contributed by atoms with Gasteiger partial charge >= 0.3 is 0 Å². The molecule has 0 saturated carbocycles. The number of nitrogens with zero attached hydrogens (tertiary/aromatic N) is 2. The van der Waals surface area contributed by atoms with Gasteiger partial charge in [0.2, 0.25) is 0 Å². The van der Waals surface area contributed by atoms with E-state index in [0.717, 1.165) is 11.3 Å². The number of sulfonamides is 1. The summed E-state index contributed by atoms with van der Waals surface area (Å²) in [6.07, 6.45) is 0. The van der Waals surface area contributed by atoms with Gasteiger partial charge in [0.1, 0.15) is 0 Å². The maximum absolute atomic E-state index is 12.8. The number of hydrogen-bond donors (Lipinski definition) is 0. The average Bonchev–Trinajstić information content (AvgIpc) is 2.53. The molecule has 0 aromatic carbocycles. The summed E-state index contributed by atoms with van der Waals surface area (Å²) in [5.41, 5.74) is -0.615. The second kappa shape index (κ2) is 4.91. The molecule has 1 aliphatic rings. The molecule has 0 radical (unpaired) electrons. The highest BCUT2D eigenvalue weighted by Gasteiger charge is 2.44. The zero-order valence-electron chi connectivity index (χ0n) is 12.2. The molecular formula is C12H19ClN2O3S2. The Balaban J connectivity index is 2.42. The number of hydrogen-bond acceptors (Lipinski definition) is 5. The molecule has 20 heavy (non-hydrogen) atoms. The van der Waals surface area contributed by atoms with Crippen LogP contribution in [-0.4, -0.2) is 42.0 Å². The average molecular weight is 339 g/mol. The van der Waals surface area contributed by atoms with Gasteiger partial charge in [-0.05, 0) is 34.6 Å². The van der Waals surface area contributed by atoms with Crippen molar-refractivity contribution < 1.29 is 13.2 Å². The SMILES string of the molecule is Cc1nc(Cl)sc1S(=O)(=O)N1CC(C)(C)OC(C)(C)C1. The van der Waals surface area contributed by atoms with Crippen LogP contribution in [0.2, 0.25) is 4.47 Å². The highest BCUT2D eigenvalue weighted by molar-refractivity contribution is 7.91. The monoisotopic (exact) mass is 338 g/mol. The van der Waals surface area contributed by atoms with Crippen molar-refractivity contribution in [2.75, 3.05) is 13.1 Å². The van der Waals surface area contributed by atoms with Gasteiger partial charge in [-0.15, -0.1) is 0 Å². The van der Waals surface area contributed by atoms with Crippen LogP contribution in [-0.2, 0) is 14.8 Å². The number of ether oxygens (including phenoxy) is 1. The van der Waals surface area contributed by atoms with E-state index in [1.165, 1.54) is 4.31 Å². The van der Waals surface area contributed by atoms with E-state index in [4.69, 9.17) is 16.3 Å². The van der Waals surface area contributed by atoms with Gasteiger partial charge in [-0.25, -0.2) is 13.4 Å². The summed E-state index contributed by atoms with van der Waals surface area (Å²) in [4.78, 5) is 3.99. The normalized spacial score (nSPS) is 22.9. The third-order valence-electron chi connectivity index (χ3n) is 2.97. The quantitative estimate of drug-likeness (QED) is 0.831. The lowest BCUT2D eigenvalue weighted by atomic mass is 10.0. The third kappa shape index (κ3) is 3.17. The number of morpholine rings is 1.